The van der Waals surface area contributed by atoms with Crippen LogP contribution in [0.2, 0.25) is 0 Å². The molecule has 3 heteroatoms. The first kappa shape index (κ1) is 13.7. The maximum absolute atomic E-state index is 10.1. The van der Waals surface area contributed by atoms with Crippen LogP contribution < -0.4 is 5.32 Å². The van der Waals surface area contributed by atoms with Gasteiger partial charge in [-0.3, -0.25) is 0 Å². The van der Waals surface area contributed by atoms with Crippen molar-refractivity contribution in [2.24, 2.45) is 5.92 Å². The van der Waals surface area contributed by atoms with Gasteiger partial charge in [0.2, 0.25) is 0 Å². The quantitative estimate of drug-likeness (QED) is 0.830. The fraction of sp³-hybridized carbons (Fsp3) is 0.692. The van der Waals surface area contributed by atoms with Gasteiger partial charge in [0, 0.05) is 17.5 Å². The molecule has 1 aromatic heterocycles. The molecule has 1 heterocycles. The molecule has 0 aliphatic rings. The van der Waals surface area contributed by atoms with Crippen molar-refractivity contribution in [3.8, 4) is 0 Å². The van der Waals surface area contributed by atoms with Crippen LogP contribution in [0.1, 0.15) is 44.2 Å². The van der Waals surface area contributed by atoms with Gasteiger partial charge in [0.05, 0.1) is 5.60 Å². The van der Waals surface area contributed by atoms with Crippen molar-refractivity contribution in [3.05, 3.63) is 21.9 Å². The van der Waals surface area contributed by atoms with Gasteiger partial charge in [0.1, 0.15) is 0 Å². The van der Waals surface area contributed by atoms with Gasteiger partial charge in [0.15, 0.2) is 0 Å². The Morgan fingerprint density at radius 1 is 1.44 bits per heavy atom. The van der Waals surface area contributed by atoms with Gasteiger partial charge >= 0.3 is 0 Å². The molecule has 0 bridgehead atoms. The Labute approximate surface area is 103 Å². The molecule has 92 valence electrons. The molecule has 0 radical (unpaired) electrons. The van der Waals surface area contributed by atoms with E-state index < -0.39 is 5.60 Å². The average Bonchev–Trinajstić information content (AvgIpc) is 2.61. The zero-order valence-corrected chi connectivity index (χ0v) is 11.7. The van der Waals surface area contributed by atoms with Crippen LogP contribution in [-0.2, 0) is 0 Å². The lowest BCUT2D eigenvalue weighted by molar-refractivity contribution is 0.0122. The Kier molecular flexibility index (Phi) is 4.53. The van der Waals surface area contributed by atoms with Crippen LogP contribution in [0.3, 0.4) is 0 Å². The summed E-state index contributed by atoms with van der Waals surface area (Å²) in [6.45, 7) is 10.9. The van der Waals surface area contributed by atoms with Gasteiger partial charge < -0.3 is 10.4 Å². The van der Waals surface area contributed by atoms with Crippen LogP contribution in [0.5, 0.6) is 0 Å². The van der Waals surface area contributed by atoms with E-state index in [9.17, 15) is 5.11 Å². The van der Waals surface area contributed by atoms with Gasteiger partial charge in [-0.15, -0.1) is 11.3 Å². The van der Waals surface area contributed by atoms with Crippen molar-refractivity contribution >= 4 is 11.3 Å². The second kappa shape index (κ2) is 5.30. The molecule has 0 spiro atoms. The van der Waals surface area contributed by atoms with Crippen LogP contribution in [-0.4, -0.2) is 17.3 Å². The van der Waals surface area contributed by atoms with E-state index in [1.807, 2.05) is 20.8 Å². The summed E-state index contributed by atoms with van der Waals surface area (Å²) in [4.78, 5) is 1.36. The lowest BCUT2D eigenvalue weighted by Gasteiger charge is -2.29. The molecule has 2 nitrogen and oxygen atoms in total. The van der Waals surface area contributed by atoms with Crippen LogP contribution in [0.4, 0.5) is 0 Å². The predicted molar refractivity (Wildman–Crippen MR) is 70.9 cm³/mol. The molecule has 1 rings (SSSR count). The molecular weight excluding hydrogens is 218 g/mol. The lowest BCUT2D eigenvalue weighted by atomic mass is 9.92. The molecule has 16 heavy (non-hydrogen) atoms. The summed E-state index contributed by atoms with van der Waals surface area (Å²) in [5.74, 6) is 0.261. The largest absolute Gasteiger partial charge is 0.389 e. The Bertz CT molecular complexity index is 330. The fourth-order valence-electron chi connectivity index (χ4n) is 1.48. The molecule has 2 unspecified atom stereocenters. The van der Waals surface area contributed by atoms with E-state index in [1.165, 1.54) is 10.4 Å². The molecule has 0 saturated heterocycles. The first-order valence-corrected chi connectivity index (χ1v) is 6.72. The zero-order valence-electron chi connectivity index (χ0n) is 10.9. The smallest absolute Gasteiger partial charge is 0.0766 e. The monoisotopic (exact) mass is 241 g/mol. The van der Waals surface area contributed by atoms with Gasteiger partial charge in [-0.05, 0) is 43.7 Å². The summed E-state index contributed by atoms with van der Waals surface area (Å²) in [7, 11) is 0. The first-order valence-electron chi connectivity index (χ1n) is 5.84. The molecule has 2 N–H and O–H groups in total. The summed E-state index contributed by atoms with van der Waals surface area (Å²) >= 11 is 1.77. The van der Waals surface area contributed by atoms with Crippen molar-refractivity contribution < 1.29 is 5.11 Å². The number of aryl methyl sites for hydroxylation is 1. The van der Waals surface area contributed by atoms with E-state index in [2.05, 4.69) is 30.6 Å². The molecule has 1 aromatic rings. The Morgan fingerprint density at radius 2 is 2.06 bits per heavy atom. The standard InChI is InChI=1S/C13H23NOS/c1-9(2)13(5,15)8-14-11(4)12-10(3)6-7-16-12/h6-7,9,11,14-15H,8H2,1-5H3. The minimum atomic E-state index is -0.639. The zero-order chi connectivity index (χ0) is 12.3. The SMILES string of the molecule is Cc1ccsc1C(C)NCC(C)(O)C(C)C. The summed E-state index contributed by atoms with van der Waals surface area (Å²) < 4.78 is 0. The molecule has 0 aromatic carbocycles. The third-order valence-electron chi connectivity index (χ3n) is 3.30. The number of thiophene rings is 1. The Balaban J connectivity index is 2.54. The summed E-state index contributed by atoms with van der Waals surface area (Å²) in [6, 6.07) is 2.45. The number of hydrogen-bond acceptors (Lipinski definition) is 3. The third kappa shape index (κ3) is 3.30. The van der Waals surface area contributed by atoms with Gasteiger partial charge in [0.25, 0.3) is 0 Å². The molecular formula is C13H23NOS. The van der Waals surface area contributed by atoms with E-state index in [0.29, 0.717) is 12.6 Å². The maximum atomic E-state index is 10.1. The number of aliphatic hydroxyl groups is 1. The van der Waals surface area contributed by atoms with Gasteiger partial charge in [-0.25, -0.2) is 0 Å². The maximum Gasteiger partial charge on any atom is 0.0766 e. The topological polar surface area (TPSA) is 32.3 Å². The highest BCUT2D eigenvalue weighted by Gasteiger charge is 2.25. The summed E-state index contributed by atoms with van der Waals surface area (Å²) in [5.41, 5.74) is 0.688. The van der Waals surface area contributed by atoms with Crippen LogP contribution in [0, 0.1) is 12.8 Å². The molecule has 2 atom stereocenters. The number of hydrogen-bond donors (Lipinski definition) is 2. The second-order valence-electron chi connectivity index (χ2n) is 5.08. The summed E-state index contributed by atoms with van der Waals surface area (Å²) in [5, 5.41) is 15.7. The molecule has 0 amide bonds. The van der Waals surface area contributed by atoms with Crippen LogP contribution in [0.25, 0.3) is 0 Å². The number of rotatable bonds is 5. The van der Waals surface area contributed by atoms with Gasteiger partial charge in [-0.2, -0.15) is 0 Å². The Hall–Kier alpha value is -0.380. The average molecular weight is 241 g/mol. The highest BCUT2D eigenvalue weighted by atomic mass is 32.1. The Morgan fingerprint density at radius 3 is 2.50 bits per heavy atom. The van der Waals surface area contributed by atoms with Gasteiger partial charge in [-0.1, -0.05) is 13.8 Å². The highest BCUT2D eigenvalue weighted by Crippen LogP contribution is 2.24. The van der Waals surface area contributed by atoms with Crippen molar-refractivity contribution in [2.75, 3.05) is 6.54 Å². The van der Waals surface area contributed by atoms with Crippen LogP contribution in [0.15, 0.2) is 11.4 Å². The van der Waals surface area contributed by atoms with E-state index in [-0.39, 0.29) is 5.92 Å². The van der Waals surface area contributed by atoms with Crippen molar-refractivity contribution in [3.63, 3.8) is 0 Å². The number of nitrogens with one attached hydrogen (secondary N) is 1. The van der Waals surface area contributed by atoms with Crippen LogP contribution >= 0.6 is 11.3 Å². The normalized spacial score (nSPS) is 17.4. The van der Waals surface area contributed by atoms with E-state index >= 15 is 0 Å². The minimum absolute atomic E-state index is 0.261. The third-order valence-corrected chi connectivity index (χ3v) is 4.51. The minimum Gasteiger partial charge on any atom is -0.389 e. The molecule has 0 aliphatic heterocycles. The molecule has 0 aliphatic carbocycles. The van der Waals surface area contributed by atoms with Crippen molar-refractivity contribution in [1.82, 2.24) is 5.32 Å². The fourth-order valence-corrected chi connectivity index (χ4v) is 2.44. The van der Waals surface area contributed by atoms with Crippen molar-refractivity contribution in [2.45, 2.75) is 46.3 Å². The molecule has 0 fully saturated rings. The van der Waals surface area contributed by atoms with E-state index in [0.717, 1.165) is 0 Å². The van der Waals surface area contributed by atoms with Crippen molar-refractivity contribution in [1.29, 1.82) is 0 Å². The lowest BCUT2D eigenvalue weighted by Crippen LogP contribution is -2.42. The van der Waals surface area contributed by atoms with E-state index in [1.54, 1.807) is 11.3 Å². The van der Waals surface area contributed by atoms with E-state index in [4.69, 9.17) is 0 Å². The summed E-state index contributed by atoms with van der Waals surface area (Å²) in [6.07, 6.45) is 0. The predicted octanol–water partition coefficient (Wildman–Crippen LogP) is 3.11. The molecule has 0 saturated carbocycles. The highest BCUT2D eigenvalue weighted by molar-refractivity contribution is 7.10. The second-order valence-corrected chi connectivity index (χ2v) is 6.03. The first-order chi connectivity index (χ1) is 7.34.